The minimum Gasteiger partial charge on any atom is -0.444 e. The van der Waals surface area contributed by atoms with Crippen LogP contribution in [0.3, 0.4) is 0 Å². The maximum absolute atomic E-state index is 13.4. The standard InChI is InChI=1S/C37H46F3N7O4/c1-35(2,3)51-34(50)46-17-11-26(12-18-46)33(49)47-23-36(24-47)13-19-45(20-14-36)28-6-8-31(42-22-28)43-32(48)25-9-15-44(16-10-25)27-5-7-30(41-4)29(21-27)37(38,39)40/h5-8,21-22,25-26H,9-20,23-24H2,1-3H3,(H,42,43,48). The van der Waals surface area contributed by atoms with E-state index >= 15 is 0 Å². The van der Waals surface area contributed by atoms with Crippen LogP contribution in [-0.4, -0.2) is 90.7 Å². The molecule has 6 rings (SSSR count). The molecule has 0 aliphatic carbocycles. The molecule has 0 atom stereocenters. The van der Waals surface area contributed by atoms with Gasteiger partial charge in [-0.25, -0.2) is 14.6 Å². The van der Waals surface area contributed by atoms with Gasteiger partial charge in [0.2, 0.25) is 11.8 Å². The highest BCUT2D eigenvalue weighted by atomic mass is 19.4. The number of hydrogen-bond donors (Lipinski definition) is 1. The van der Waals surface area contributed by atoms with Crippen LogP contribution in [0.15, 0.2) is 36.5 Å². The molecule has 0 saturated carbocycles. The number of ether oxygens (including phenoxy) is 1. The third kappa shape index (κ3) is 8.34. The zero-order valence-electron chi connectivity index (χ0n) is 29.5. The van der Waals surface area contributed by atoms with E-state index in [0.717, 1.165) is 50.8 Å². The van der Waals surface area contributed by atoms with Gasteiger partial charge in [-0.15, -0.1) is 0 Å². The van der Waals surface area contributed by atoms with Crippen molar-refractivity contribution in [3.05, 3.63) is 53.5 Å². The minimum atomic E-state index is -4.61. The van der Waals surface area contributed by atoms with Gasteiger partial charge < -0.3 is 29.7 Å². The van der Waals surface area contributed by atoms with E-state index in [9.17, 15) is 27.6 Å². The number of nitrogens with one attached hydrogen (secondary N) is 1. The van der Waals surface area contributed by atoms with Crippen LogP contribution in [0.2, 0.25) is 0 Å². The van der Waals surface area contributed by atoms with Crippen LogP contribution >= 0.6 is 0 Å². The second kappa shape index (κ2) is 14.2. The molecule has 14 heteroatoms. The molecule has 4 saturated heterocycles. The molecule has 3 amide bonds. The number of nitrogens with zero attached hydrogens (tertiary/aromatic N) is 6. The van der Waals surface area contributed by atoms with Crippen molar-refractivity contribution in [2.45, 2.75) is 71.1 Å². The Balaban J connectivity index is 0.918. The van der Waals surface area contributed by atoms with Crippen molar-refractivity contribution in [2.75, 3.05) is 67.5 Å². The van der Waals surface area contributed by atoms with Gasteiger partial charge in [-0.2, -0.15) is 13.2 Å². The number of amides is 3. The van der Waals surface area contributed by atoms with E-state index in [2.05, 4.69) is 20.0 Å². The first-order valence-corrected chi connectivity index (χ1v) is 17.8. The van der Waals surface area contributed by atoms with Gasteiger partial charge in [0, 0.05) is 75.3 Å². The summed E-state index contributed by atoms with van der Waals surface area (Å²) in [6.07, 6.45) is 1.09. The summed E-state index contributed by atoms with van der Waals surface area (Å²) < 4.78 is 45.8. The van der Waals surface area contributed by atoms with Gasteiger partial charge in [0.1, 0.15) is 11.4 Å². The first-order chi connectivity index (χ1) is 24.1. The highest BCUT2D eigenvalue weighted by Gasteiger charge is 2.48. The van der Waals surface area contributed by atoms with Crippen LogP contribution < -0.4 is 15.1 Å². The van der Waals surface area contributed by atoms with Crippen molar-refractivity contribution in [2.24, 2.45) is 17.3 Å². The molecule has 0 bridgehead atoms. The summed E-state index contributed by atoms with van der Waals surface area (Å²) in [5.74, 6) is 0.153. The predicted molar refractivity (Wildman–Crippen MR) is 187 cm³/mol. The highest BCUT2D eigenvalue weighted by Crippen LogP contribution is 2.43. The van der Waals surface area contributed by atoms with Crippen molar-refractivity contribution < 1.29 is 32.3 Å². The second-order valence-electron chi connectivity index (χ2n) is 15.4. The molecule has 274 valence electrons. The van der Waals surface area contributed by atoms with E-state index < -0.39 is 23.0 Å². The largest absolute Gasteiger partial charge is 0.444 e. The molecule has 4 fully saturated rings. The van der Waals surface area contributed by atoms with Crippen LogP contribution in [0.5, 0.6) is 0 Å². The molecule has 2 aromatic rings. The summed E-state index contributed by atoms with van der Waals surface area (Å²) in [5, 5.41) is 2.90. The Morgan fingerprint density at radius 2 is 1.47 bits per heavy atom. The molecule has 0 unspecified atom stereocenters. The Bertz CT molecular complexity index is 1640. The van der Waals surface area contributed by atoms with Crippen LogP contribution in [-0.2, 0) is 20.5 Å². The Kier molecular flexibility index (Phi) is 10.1. The van der Waals surface area contributed by atoms with Crippen LogP contribution in [0, 0.1) is 23.8 Å². The lowest BCUT2D eigenvalue weighted by atomic mass is 9.71. The molecule has 1 aromatic carbocycles. The maximum Gasteiger partial charge on any atom is 0.410 e. The van der Waals surface area contributed by atoms with E-state index in [1.54, 1.807) is 17.2 Å². The molecule has 11 nitrogen and oxygen atoms in total. The number of hydrogen-bond acceptors (Lipinski definition) is 7. The quantitative estimate of drug-likeness (QED) is 0.350. The van der Waals surface area contributed by atoms with Gasteiger partial charge in [-0.3, -0.25) is 9.59 Å². The van der Waals surface area contributed by atoms with Gasteiger partial charge in [0.05, 0.1) is 24.0 Å². The van der Waals surface area contributed by atoms with Gasteiger partial charge >= 0.3 is 12.3 Å². The van der Waals surface area contributed by atoms with Crippen molar-refractivity contribution >= 4 is 40.8 Å². The molecule has 4 aliphatic heterocycles. The van der Waals surface area contributed by atoms with Crippen LogP contribution in [0.1, 0.15) is 64.9 Å². The van der Waals surface area contributed by atoms with E-state index in [-0.39, 0.29) is 35.2 Å². The van der Waals surface area contributed by atoms with Gasteiger partial charge in [0.15, 0.2) is 5.69 Å². The molecular formula is C37H46F3N7O4. The van der Waals surface area contributed by atoms with Crippen molar-refractivity contribution in [1.29, 1.82) is 0 Å². The summed E-state index contributed by atoms with van der Waals surface area (Å²) in [6.45, 7) is 17.8. The number of rotatable bonds is 5. The number of carbonyl (C=O) groups excluding carboxylic acids is 3. The minimum absolute atomic E-state index is 0.0519. The Hall–Kier alpha value is -4.54. The van der Waals surface area contributed by atoms with Crippen LogP contribution in [0.25, 0.3) is 4.85 Å². The number of halogens is 3. The smallest absolute Gasteiger partial charge is 0.410 e. The van der Waals surface area contributed by atoms with Crippen molar-refractivity contribution in [3.8, 4) is 0 Å². The van der Waals surface area contributed by atoms with Gasteiger partial charge in [0.25, 0.3) is 0 Å². The average molecular weight is 710 g/mol. The highest BCUT2D eigenvalue weighted by molar-refractivity contribution is 5.92. The summed E-state index contributed by atoms with van der Waals surface area (Å²) in [5.41, 5.74) is -0.394. The van der Waals surface area contributed by atoms with Gasteiger partial charge in [-0.05, 0) is 83.6 Å². The third-order valence-electron chi connectivity index (χ3n) is 10.7. The van der Waals surface area contributed by atoms with Gasteiger partial charge in [-0.1, -0.05) is 6.07 Å². The summed E-state index contributed by atoms with van der Waals surface area (Å²) in [7, 11) is 0. The molecular weight excluding hydrogens is 663 g/mol. The number of aromatic nitrogens is 1. The normalized spacial score (nSPS) is 20.1. The topological polar surface area (TPSA) is 103 Å². The van der Waals surface area contributed by atoms with Crippen molar-refractivity contribution in [1.82, 2.24) is 14.8 Å². The fourth-order valence-corrected chi connectivity index (χ4v) is 7.69. The monoisotopic (exact) mass is 709 g/mol. The number of benzene rings is 1. The Labute approximate surface area is 296 Å². The lowest BCUT2D eigenvalue weighted by Crippen LogP contribution is -2.63. The number of pyridine rings is 1. The summed E-state index contributed by atoms with van der Waals surface area (Å²) >= 11 is 0. The van der Waals surface area contributed by atoms with E-state index in [4.69, 9.17) is 11.3 Å². The number of piperidine rings is 3. The lowest BCUT2D eigenvalue weighted by Gasteiger charge is -2.55. The Morgan fingerprint density at radius 1 is 0.863 bits per heavy atom. The van der Waals surface area contributed by atoms with E-state index in [1.807, 2.05) is 36.6 Å². The van der Waals surface area contributed by atoms with Crippen LogP contribution in [0.4, 0.5) is 40.8 Å². The lowest BCUT2D eigenvalue weighted by molar-refractivity contribution is -0.151. The number of carbonyl (C=O) groups is 3. The first kappa shape index (κ1) is 36.3. The fraction of sp³-hybridized carbons (Fsp3) is 0.595. The first-order valence-electron chi connectivity index (χ1n) is 17.8. The number of anilines is 3. The SMILES string of the molecule is [C-]#[N+]c1ccc(N2CCC(C(=O)Nc3ccc(N4CCC5(CC4)CN(C(=O)C4CCN(C(=O)OC(C)(C)C)CC4)C5)cn3)CC2)cc1C(F)(F)F. The zero-order valence-corrected chi connectivity index (χ0v) is 29.5. The maximum atomic E-state index is 13.4. The second-order valence-corrected chi connectivity index (χ2v) is 15.4. The molecule has 51 heavy (non-hydrogen) atoms. The summed E-state index contributed by atoms with van der Waals surface area (Å²) in [4.78, 5) is 53.9. The third-order valence-corrected chi connectivity index (χ3v) is 10.7. The molecule has 5 heterocycles. The molecule has 1 spiro atoms. The number of likely N-dealkylation sites (tertiary alicyclic amines) is 2. The van der Waals surface area contributed by atoms with E-state index in [1.165, 1.54) is 12.1 Å². The fourth-order valence-electron chi connectivity index (χ4n) is 7.69. The molecule has 4 aliphatic rings. The summed E-state index contributed by atoms with van der Waals surface area (Å²) in [6, 6.07) is 7.50. The average Bonchev–Trinajstić information content (AvgIpc) is 3.09. The predicted octanol–water partition coefficient (Wildman–Crippen LogP) is 6.58. The molecule has 0 radical (unpaired) electrons. The van der Waals surface area contributed by atoms with Crippen molar-refractivity contribution in [3.63, 3.8) is 0 Å². The zero-order chi connectivity index (χ0) is 36.6. The molecule has 1 N–H and O–H groups in total. The Morgan fingerprint density at radius 3 is 2.04 bits per heavy atom. The number of alkyl halides is 3. The van der Waals surface area contributed by atoms with E-state index in [0.29, 0.717) is 63.4 Å². The molecule has 1 aromatic heterocycles.